The molecule has 4 aliphatic rings. The van der Waals surface area contributed by atoms with Crippen molar-refractivity contribution in [3.8, 4) is 0 Å². The van der Waals surface area contributed by atoms with Crippen LogP contribution in [0.15, 0.2) is 18.2 Å². The molecule has 7 amide bonds. The molecule has 15 nitrogen and oxygen atoms in total. The highest BCUT2D eigenvalue weighted by molar-refractivity contribution is 7.91. The standard InChI is InChI=1S/C40H50ClF3N6O9S2/c1-21(2)29-18-27(41)19-30(35(29)46-39(55)47-60(56,57)32-10-6-12-49(36(32)52)20-40(42,43)44)22(3)14-24-15-26-17-25-8-5-9-28(25)34(31(26)16-24)45-38(54)48-61(58,59)33-11-7-13-50(23(4)51)37(33)53/h17-19,21-22,24,32-33H,5-16,20H2,1-4H3,(H2,45,48,54)(H2,46,47,55). The minimum absolute atomic E-state index is 0.00205. The van der Waals surface area contributed by atoms with Crippen LogP contribution in [0.3, 0.4) is 0 Å². The molecule has 6 rings (SSSR count). The van der Waals surface area contributed by atoms with Gasteiger partial charge in [-0.05, 0) is 127 Å². The lowest BCUT2D eigenvalue weighted by Crippen LogP contribution is -2.54. The second kappa shape index (κ2) is 17.7. The number of halogens is 4. The van der Waals surface area contributed by atoms with Gasteiger partial charge in [-0.3, -0.25) is 19.3 Å². The molecule has 61 heavy (non-hydrogen) atoms. The maximum absolute atomic E-state index is 13.4. The molecule has 334 valence electrons. The van der Waals surface area contributed by atoms with Gasteiger partial charge >= 0.3 is 18.2 Å². The Bertz CT molecular complexity index is 2360. The van der Waals surface area contributed by atoms with Gasteiger partial charge in [0.1, 0.15) is 6.54 Å². The summed E-state index contributed by atoms with van der Waals surface area (Å²) in [6.07, 6.45) is -0.836. The highest BCUT2D eigenvalue weighted by atomic mass is 35.5. The van der Waals surface area contributed by atoms with Crippen LogP contribution in [0.4, 0.5) is 34.1 Å². The molecule has 0 spiro atoms. The molecule has 2 aliphatic heterocycles. The van der Waals surface area contributed by atoms with E-state index in [9.17, 15) is 54.0 Å². The number of likely N-dealkylation sites (tertiary alicyclic amines) is 2. The number of fused-ring (bicyclic) bond motifs is 2. The van der Waals surface area contributed by atoms with Crippen molar-refractivity contribution in [2.45, 2.75) is 120 Å². The first-order valence-corrected chi connectivity index (χ1v) is 23.7. The minimum Gasteiger partial charge on any atom is -0.332 e. The van der Waals surface area contributed by atoms with Gasteiger partial charge in [-0.15, -0.1) is 0 Å². The quantitative estimate of drug-likeness (QED) is 0.213. The fourth-order valence-electron chi connectivity index (χ4n) is 9.21. The van der Waals surface area contributed by atoms with Crippen molar-refractivity contribution in [3.63, 3.8) is 0 Å². The van der Waals surface area contributed by atoms with Crippen molar-refractivity contribution in [2.75, 3.05) is 30.3 Å². The lowest BCUT2D eigenvalue weighted by atomic mass is 9.85. The third kappa shape index (κ3) is 10.3. The molecule has 0 bridgehead atoms. The van der Waals surface area contributed by atoms with Crippen LogP contribution in [0.5, 0.6) is 0 Å². The summed E-state index contributed by atoms with van der Waals surface area (Å²) in [4.78, 5) is 65.7. The molecule has 4 atom stereocenters. The summed E-state index contributed by atoms with van der Waals surface area (Å²) < 4.78 is 96.3. The number of amides is 7. The largest absolute Gasteiger partial charge is 0.406 e. The summed E-state index contributed by atoms with van der Waals surface area (Å²) in [6.45, 7) is 5.03. The van der Waals surface area contributed by atoms with Gasteiger partial charge < -0.3 is 15.5 Å². The topological polar surface area (TPSA) is 208 Å². The predicted octanol–water partition coefficient (Wildman–Crippen LogP) is 5.85. The highest BCUT2D eigenvalue weighted by Crippen LogP contribution is 2.44. The number of nitrogens with zero attached hydrogens (tertiary/aromatic N) is 2. The molecule has 21 heteroatoms. The zero-order valence-corrected chi connectivity index (χ0v) is 36.6. The maximum atomic E-state index is 13.4. The SMILES string of the molecule is CC(=O)N1CCCC(S(=O)(=O)NC(=O)Nc2c3c(cc4c2CC(CC(C)c2cc(Cl)cc(C(C)C)c2NC(=O)NS(=O)(=O)C2CCCN(CC(F)(F)F)C2=O)C4)CCC3)C1=O. The van der Waals surface area contributed by atoms with Crippen LogP contribution in [-0.2, 0) is 60.1 Å². The number of carbonyl (C=O) groups excluding carboxylic acids is 5. The number of piperidine rings is 2. The first-order chi connectivity index (χ1) is 28.5. The average Bonchev–Trinajstić information content (AvgIpc) is 3.78. The van der Waals surface area contributed by atoms with E-state index in [2.05, 4.69) is 16.7 Å². The van der Waals surface area contributed by atoms with Crippen molar-refractivity contribution in [1.82, 2.24) is 19.2 Å². The molecule has 2 aromatic carbocycles. The number of urea groups is 2. The Hall–Kier alpha value is -4.43. The van der Waals surface area contributed by atoms with Crippen LogP contribution in [0.25, 0.3) is 0 Å². The molecule has 4 unspecified atom stereocenters. The lowest BCUT2D eigenvalue weighted by Gasteiger charge is -2.32. The summed E-state index contributed by atoms with van der Waals surface area (Å²) in [7, 11) is -9.24. The van der Waals surface area contributed by atoms with Crippen LogP contribution >= 0.6 is 11.6 Å². The van der Waals surface area contributed by atoms with E-state index in [-0.39, 0.29) is 56.5 Å². The Balaban J connectivity index is 1.19. The van der Waals surface area contributed by atoms with Crippen LogP contribution in [-0.4, -0.2) is 92.7 Å². The number of nitrogens with one attached hydrogen (secondary N) is 4. The maximum Gasteiger partial charge on any atom is 0.406 e. The summed E-state index contributed by atoms with van der Waals surface area (Å²) in [5.74, 6) is -3.20. The number of sulfonamides is 2. The molecule has 2 saturated heterocycles. The molecule has 0 radical (unpaired) electrons. The number of alkyl halides is 3. The minimum atomic E-state index is -4.75. The van der Waals surface area contributed by atoms with Crippen molar-refractivity contribution in [3.05, 3.63) is 56.6 Å². The first kappa shape index (κ1) is 46.1. The molecule has 0 saturated carbocycles. The van der Waals surface area contributed by atoms with Gasteiger partial charge in [0, 0.05) is 36.4 Å². The van der Waals surface area contributed by atoms with Crippen molar-refractivity contribution < 1.29 is 54.0 Å². The number of hydrogen-bond acceptors (Lipinski definition) is 9. The monoisotopic (exact) mass is 914 g/mol. The van der Waals surface area contributed by atoms with Gasteiger partial charge in [0.25, 0.3) is 0 Å². The van der Waals surface area contributed by atoms with E-state index in [1.165, 1.54) is 6.92 Å². The average molecular weight is 915 g/mol. The van der Waals surface area contributed by atoms with E-state index >= 15 is 0 Å². The summed E-state index contributed by atoms with van der Waals surface area (Å²) in [5.41, 5.74) is 5.79. The third-order valence-corrected chi connectivity index (χ3v) is 15.5. The molecule has 4 N–H and O–H groups in total. The number of imide groups is 1. The Kier molecular flexibility index (Phi) is 13.4. The van der Waals surface area contributed by atoms with Gasteiger partial charge in [-0.2, -0.15) is 13.2 Å². The summed E-state index contributed by atoms with van der Waals surface area (Å²) in [6, 6.07) is 3.22. The van der Waals surface area contributed by atoms with Crippen LogP contribution in [0, 0.1) is 5.92 Å². The van der Waals surface area contributed by atoms with Gasteiger partial charge in [0.05, 0.1) is 0 Å². The number of rotatable bonds is 11. The Labute approximate surface area is 358 Å². The van der Waals surface area contributed by atoms with Gasteiger partial charge in [0.15, 0.2) is 10.5 Å². The molecule has 2 aliphatic carbocycles. The molecule has 2 fully saturated rings. The molecular weight excluding hydrogens is 865 g/mol. The number of hydrogen-bond donors (Lipinski definition) is 4. The van der Waals surface area contributed by atoms with E-state index in [1.54, 1.807) is 12.1 Å². The zero-order chi connectivity index (χ0) is 44.8. The smallest absolute Gasteiger partial charge is 0.332 e. The van der Waals surface area contributed by atoms with E-state index in [4.69, 9.17) is 11.6 Å². The van der Waals surface area contributed by atoms with E-state index in [0.717, 1.165) is 40.0 Å². The molecule has 2 heterocycles. The zero-order valence-electron chi connectivity index (χ0n) is 34.2. The van der Waals surface area contributed by atoms with Gasteiger partial charge in [-0.25, -0.2) is 35.9 Å². The van der Waals surface area contributed by atoms with Gasteiger partial charge in [-0.1, -0.05) is 38.4 Å². The fraction of sp³-hybridized carbons (Fsp3) is 0.575. The van der Waals surface area contributed by atoms with Gasteiger partial charge in [0.2, 0.25) is 37.8 Å². The molecule has 0 aromatic heterocycles. The molecular formula is C40H50ClF3N6O9S2. The highest BCUT2D eigenvalue weighted by Gasteiger charge is 2.44. The van der Waals surface area contributed by atoms with E-state index < -0.39 is 73.1 Å². The van der Waals surface area contributed by atoms with Crippen LogP contribution in [0.2, 0.25) is 5.02 Å². The van der Waals surface area contributed by atoms with Crippen LogP contribution in [0.1, 0.15) is 111 Å². The Morgan fingerprint density at radius 2 is 1.38 bits per heavy atom. The fourth-order valence-corrected chi connectivity index (χ4v) is 12.1. The predicted molar refractivity (Wildman–Crippen MR) is 221 cm³/mol. The second-order valence-electron chi connectivity index (χ2n) is 16.8. The normalized spacial score (nSPS) is 21.2. The van der Waals surface area contributed by atoms with E-state index in [0.29, 0.717) is 58.1 Å². The lowest BCUT2D eigenvalue weighted by molar-refractivity contribution is -0.163. The van der Waals surface area contributed by atoms with E-state index in [1.807, 2.05) is 30.2 Å². The number of carbonyl (C=O) groups is 5. The first-order valence-electron chi connectivity index (χ1n) is 20.3. The third-order valence-electron chi connectivity index (χ3n) is 11.9. The summed E-state index contributed by atoms with van der Waals surface area (Å²) >= 11 is 6.60. The second-order valence-corrected chi connectivity index (χ2v) is 20.9. The van der Waals surface area contributed by atoms with Crippen molar-refractivity contribution in [2.24, 2.45) is 5.92 Å². The Morgan fingerprint density at radius 3 is 1.98 bits per heavy atom. The Morgan fingerprint density at radius 1 is 0.787 bits per heavy atom. The van der Waals surface area contributed by atoms with Crippen molar-refractivity contribution >= 4 is 72.8 Å². The summed E-state index contributed by atoms with van der Waals surface area (Å²) in [5, 5.41) is 2.32. The van der Waals surface area contributed by atoms with Crippen LogP contribution < -0.4 is 20.1 Å². The number of benzene rings is 2. The number of anilines is 2. The molecule has 2 aromatic rings. The van der Waals surface area contributed by atoms with Crippen molar-refractivity contribution in [1.29, 1.82) is 0 Å². The number of aryl methyl sites for hydroxylation is 1.